The molecular weight excluding hydrogens is 270 g/mol. The maximum atomic E-state index is 13.2. The monoisotopic (exact) mass is 296 g/mol. The first kappa shape index (κ1) is 16.4. The van der Waals surface area contributed by atoms with Gasteiger partial charge in [0.2, 0.25) is 0 Å². The predicted octanol–water partition coefficient (Wildman–Crippen LogP) is 3.88. The van der Waals surface area contributed by atoms with Crippen LogP contribution in [0.1, 0.15) is 51.1 Å². The molecule has 1 aliphatic rings. The second-order valence-corrected chi connectivity index (χ2v) is 6.11. The molecule has 21 heavy (non-hydrogen) atoms. The van der Waals surface area contributed by atoms with Crippen molar-refractivity contribution in [2.24, 2.45) is 0 Å². The number of nitrogens with one attached hydrogen (secondary N) is 1. The Morgan fingerprint density at radius 3 is 2.62 bits per heavy atom. The van der Waals surface area contributed by atoms with Crippen LogP contribution in [0.5, 0.6) is 0 Å². The van der Waals surface area contributed by atoms with Crippen molar-refractivity contribution >= 4 is 0 Å². The van der Waals surface area contributed by atoms with Crippen molar-refractivity contribution in [1.82, 2.24) is 10.2 Å². The minimum absolute atomic E-state index is 0.0334. The molecule has 2 unspecified atom stereocenters. The van der Waals surface area contributed by atoms with Gasteiger partial charge in [-0.2, -0.15) is 0 Å². The van der Waals surface area contributed by atoms with Gasteiger partial charge in [0.1, 0.15) is 11.6 Å². The van der Waals surface area contributed by atoms with Crippen LogP contribution in [0.4, 0.5) is 8.78 Å². The lowest BCUT2D eigenvalue weighted by Gasteiger charge is -2.33. The van der Waals surface area contributed by atoms with Gasteiger partial charge in [-0.05, 0) is 70.4 Å². The molecule has 0 aromatic heterocycles. The van der Waals surface area contributed by atoms with Crippen LogP contribution in [-0.2, 0) is 0 Å². The summed E-state index contributed by atoms with van der Waals surface area (Å²) >= 11 is 0. The van der Waals surface area contributed by atoms with Crippen LogP contribution >= 0.6 is 0 Å². The van der Waals surface area contributed by atoms with E-state index in [0.717, 1.165) is 25.6 Å². The number of likely N-dealkylation sites (tertiary alicyclic amines) is 1. The zero-order valence-corrected chi connectivity index (χ0v) is 13.0. The maximum Gasteiger partial charge on any atom is 0.126 e. The molecule has 2 atom stereocenters. The van der Waals surface area contributed by atoms with Gasteiger partial charge in [0.05, 0.1) is 0 Å². The molecule has 1 aromatic carbocycles. The number of nitrogens with zero attached hydrogens (tertiary/aromatic N) is 1. The van der Waals surface area contributed by atoms with Crippen molar-refractivity contribution in [3.63, 3.8) is 0 Å². The number of hydrogen-bond donors (Lipinski definition) is 1. The Hall–Kier alpha value is -1.00. The molecule has 1 fully saturated rings. The summed E-state index contributed by atoms with van der Waals surface area (Å²) in [4.78, 5) is 2.54. The quantitative estimate of drug-likeness (QED) is 0.801. The summed E-state index contributed by atoms with van der Waals surface area (Å²) in [7, 11) is 0. The SMILES string of the molecule is CC(NCCCN1CCCCC1C)c1cc(F)cc(F)c1. The van der Waals surface area contributed by atoms with Crippen LogP contribution in [0.2, 0.25) is 0 Å². The van der Waals surface area contributed by atoms with Crippen LogP contribution in [-0.4, -0.2) is 30.6 Å². The van der Waals surface area contributed by atoms with E-state index in [1.54, 1.807) is 0 Å². The minimum Gasteiger partial charge on any atom is -0.310 e. The fraction of sp³-hybridized carbons (Fsp3) is 0.647. The zero-order chi connectivity index (χ0) is 15.2. The van der Waals surface area contributed by atoms with Gasteiger partial charge in [-0.3, -0.25) is 0 Å². The van der Waals surface area contributed by atoms with Gasteiger partial charge in [-0.25, -0.2) is 8.78 Å². The van der Waals surface area contributed by atoms with Crippen LogP contribution in [0.3, 0.4) is 0 Å². The fourth-order valence-corrected chi connectivity index (χ4v) is 3.03. The van der Waals surface area contributed by atoms with E-state index in [-0.39, 0.29) is 6.04 Å². The first-order chi connectivity index (χ1) is 10.1. The number of rotatable bonds is 6. The summed E-state index contributed by atoms with van der Waals surface area (Å²) in [5.41, 5.74) is 0.666. The Balaban J connectivity index is 1.72. The van der Waals surface area contributed by atoms with Crippen LogP contribution in [0, 0.1) is 11.6 Å². The molecule has 1 heterocycles. The van der Waals surface area contributed by atoms with Crippen LogP contribution in [0.15, 0.2) is 18.2 Å². The summed E-state index contributed by atoms with van der Waals surface area (Å²) in [6, 6.07) is 4.36. The molecule has 1 N–H and O–H groups in total. The summed E-state index contributed by atoms with van der Waals surface area (Å²) in [6.07, 6.45) is 5.01. The Kier molecular flexibility index (Phi) is 6.12. The van der Waals surface area contributed by atoms with E-state index in [9.17, 15) is 8.78 Å². The van der Waals surface area contributed by atoms with E-state index in [1.807, 2.05) is 6.92 Å². The third-order valence-corrected chi connectivity index (χ3v) is 4.40. The lowest BCUT2D eigenvalue weighted by molar-refractivity contribution is 0.158. The highest BCUT2D eigenvalue weighted by molar-refractivity contribution is 5.20. The predicted molar refractivity (Wildman–Crippen MR) is 82.3 cm³/mol. The van der Waals surface area contributed by atoms with Crippen molar-refractivity contribution in [2.45, 2.75) is 51.6 Å². The summed E-state index contributed by atoms with van der Waals surface area (Å²) in [5.74, 6) is -1.03. The summed E-state index contributed by atoms with van der Waals surface area (Å²) in [6.45, 7) is 7.40. The largest absolute Gasteiger partial charge is 0.310 e. The average Bonchev–Trinajstić information content (AvgIpc) is 2.44. The third kappa shape index (κ3) is 5.04. The van der Waals surface area contributed by atoms with Gasteiger partial charge in [-0.15, -0.1) is 0 Å². The number of benzene rings is 1. The van der Waals surface area contributed by atoms with Crippen molar-refractivity contribution in [2.75, 3.05) is 19.6 Å². The van der Waals surface area contributed by atoms with Crippen molar-refractivity contribution in [1.29, 1.82) is 0 Å². The Morgan fingerprint density at radius 2 is 1.95 bits per heavy atom. The molecule has 0 amide bonds. The summed E-state index contributed by atoms with van der Waals surface area (Å²) in [5, 5.41) is 3.35. The molecule has 2 rings (SSSR count). The molecule has 4 heteroatoms. The van der Waals surface area contributed by atoms with E-state index in [2.05, 4.69) is 17.1 Å². The van der Waals surface area contributed by atoms with Gasteiger partial charge in [0.25, 0.3) is 0 Å². The molecule has 0 saturated carbocycles. The smallest absolute Gasteiger partial charge is 0.126 e. The first-order valence-corrected chi connectivity index (χ1v) is 7.99. The summed E-state index contributed by atoms with van der Waals surface area (Å²) < 4.78 is 26.4. The fourth-order valence-electron chi connectivity index (χ4n) is 3.03. The number of halogens is 2. The van der Waals surface area contributed by atoms with E-state index in [1.165, 1.54) is 37.9 Å². The minimum atomic E-state index is -0.513. The number of piperidine rings is 1. The van der Waals surface area contributed by atoms with E-state index < -0.39 is 11.6 Å². The van der Waals surface area contributed by atoms with E-state index >= 15 is 0 Å². The van der Waals surface area contributed by atoms with Crippen molar-refractivity contribution in [3.8, 4) is 0 Å². The molecule has 0 radical (unpaired) electrons. The molecule has 1 aliphatic heterocycles. The Morgan fingerprint density at radius 1 is 1.24 bits per heavy atom. The van der Waals surface area contributed by atoms with Crippen LogP contribution in [0.25, 0.3) is 0 Å². The van der Waals surface area contributed by atoms with Gasteiger partial charge in [0.15, 0.2) is 0 Å². The topological polar surface area (TPSA) is 15.3 Å². The molecule has 1 aromatic rings. The molecule has 0 spiro atoms. The Bertz CT molecular complexity index is 430. The van der Waals surface area contributed by atoms with Gasteiger partial charge in [0, 0.05) is 18.2 Å². The highest BCUT2D eigenvalue weighted by Gasteiger charge is 2.17. The second-order valence-electron chi connectivity index (χ2n) is 6.11. The molecule has 118 valence electrons. The lowest BCUT2D eigenvalue weighted by atomic mass is 10.0. The van der Waals surface area contributed by atoms with Gasteiger partial charge < -0.3 is 10.2 Å². The highest BCUT2D eigenvalue weighted by atomic mass is 19.1. The zero-order valence-electron chi connectivity index (χ0n) is 13.0. The Labute approximate surface area is 126 Å². The molecule has 2 nitrogen and oxygen atoms in total. The third-order valence-electron chi connectivity index (χ3n) is 4.40. The van der Waals surface area contributed by atoms with Crippen molar-refractivity contribution < 1.29 is 8.78 Å². The normalized spacial score (nSPS) is 21.4. The van der Waals surface area contributed by atoms with Gasteiger partial charge in [-0.1, -0.05) is 6.42 Å². The second kappa shape index (κ2) is 7.85. The van der Waals surface area contributed by atoms with Crippen molar-refractivity contribution in [3.05, 3.63) is 35.4 Å². The van der Waals surface area contributed by atoms with E-state index in [4.69, 9.17) is 0 Å². The maximum absolute atomic E-state index is 13.2. The first-order valence-electron chi connectivity index (χ1n) is 7.99. The number of hydrogen-bond acceptors (Lipinski definition) is 2. The van der Waals surface area contributed by atoms with Crippen LogP contribution < -0.4 is 5.32 Å². The van der Waals surface area contributed by atoms with Gasteiger partial charge >= 0.3 is 0 Å². The average molecular weight is 296 g/mol. The van der Waals surface area contributed by atoms with E-state index in [0.29, 0.717) is 11.6 Å². The molecule has 1 saturated heterocycles. The highest BCUT2D eigenvalue weighted by Crippen LogP contribution is 2.17. The molecule has 0 aliphatic carbocycles. The molecular formula is C17H26F2N2. The standard InChI is InChI=1S/C17H26F2N2/c1-13-6-3-4-8-21(13)9-5-7-20-14(2)15-10-16(18)12-17(19)11-15/h10-14,20H,3-9H2,1-2H3. The molecule has 0 bridgehead atoms. The lowest BCUT2D eigenvalue weighted by Crippen LogP contribution is -2.39.